The van der Waals surface area contributed by atoms with Gasteiger partial charge < -0.3 is 69.3 Å². The zero-order valence-electron chi connectivity index (χ0n) is 22.1. The number of benzene rings is 2. The minimum Gasteiger partial charge on any atom is -0.508 e. The fourth-order valence-electron chi connectivity index (χ4n) is 4.77. The second-order valence-corrected chi connectivity index (χ2v) is 10.2. The van der Waals surface area contributed by atoms with Crippen molar-refractivity contribution in [3.05, 3.63) is 40.6 Å². The Balaban J connectivity index is 1.67. The van der Waals surface area contributed by atoms with Crippen LogP contribution >= 0.6 is 0 Å². The molecule has 9 N–H and O–H groups in total. The third-order valence-corrected chi connectivity index (χ3v) is 7.23. The molecule has 2 saturated heterocycles. The number of aliphatic hydroxyl groups excluding tert-OH is 6. The third kappa shape index (κ3) is 5.21. The van der Waals surface area contributed by atoms with Gasteiger partial charge in [0.05, 0.1) is 12.2 Å². The van der Waals surface area contributed by atoms with E-state index in [-0.39, 0.29) is 22.3 Å². The van der Waals surface area contributed by atoms with E-state index in [0.29, 0.717) is 0 Å². The largest absolute Gasteiger partial charge is 0.508 e. The van der Waals surface area contributed by atoms with Crippen LogP contribution in [-0.4, -0.2) is 107 Å². The van der Waals surface area contributed by atoms with Gasteiger partial charge in [-0.25, -0.2) is 0 Å². The van der Waals surface area contributed by atoms with Crippen LogP contribution in [0.4, 0.5) is 0 Å². The molecule has 0 radical (unpaired) electrons. The normalized spacial score (nSPS) is 33.4. The van der Waals surface area contributed by atoms with Gasteiger partial charge >= 0.3 is 0 Å². The number of rotatable bonds is 5. The molecule has 5 rings (SSSR count). The highest BCUT2D eigenvalue weighted by Crippen LogP contribution is 2.40. The number of aromatic hydroxyl groups is 3. The smallest absolute Gasteiger partial charge is 0.239 e. The van der Waals surface area contributed by atoms with Gasteiger partial charge in [-0.3, -0.25) is 4.79 Å². The molecule has 15 nitrogen and oxygen atoms in total. The average molecular weight is 595 g/mol. The Labute approximate surface area is 236 Å². The predicted molar refractivity (Wildman–Crippen MR) is 139 cm³/mol. The summed E-state index contributed by atoms with van der Waals surface area (Å²) >= 11 is 0. The van der Waals surface area contributed by atoms with E-state index in [1.165, 1.54) is 19.9 Å². The van der Waals surface area contributed by atoms with E-state index in [1.807, 2.05) is 0 Å². The van der Waals surface area contributed by atoms with Gasteiger partial charge in [0.2, 0.25) is 23.8 Å². The summed E-state index contributed by atoms with van der Waals surface area (Å²) in [5.41, 5.74) is -1.25. The van der Waals surface area contributed by atoms with E-state index in [0.717, 1.165) is 24.3 Å². The zero-order chi connectivity index (χ0) is 30.6. The summed E-state index contributed by atoms with van der Waals surface area (Å²) in [6.07, 6.45) is -15.2. The molecular weight excluding hydrogens is 564 g/mol. The number of hydrogen-bond donors (Lipinski definition) is 9. The molecule has 15 heteroatoms. The highest BCUT2D eigenvalue weighted by molar-refractivity contribution is 5.88. The molecule has 0 amide bonds. The van der Waals surface area contributed by atoms with Crippen LogP contribution in [0.25, 0.3) is 22.3 Å². The Morgan fingerprint density at radius 2 is 1.26 bits per heavy atom. The Hall–Kier alpha value is -3.67. The average Bonchev–Trinajstić information content (AvgIpc) is 2.94. The van der Waals surface area contributed by atoms with Crippen LogP contribution in [0.1, 0.15) is 13.8 Å². The maximum Gasteiger partial charge on any atom is 0.239 e. The molecule has 2 aliphatic rings. The van der Waals surface area contributed by atoms with Gasteiger partial charge in [0.25, 0.3) is 0 Å². The molecule has 2 aromatic carbocycles. The summed E-state index contributed by atoms with van der Waals surface area (Å²) in [6.45, 7) is 2.81. The maximum atomic E-state index is 14.0. The molecule has 2 aliphatic heterocycles. The minimum atomic E-state index is -1.83. The molecule has 1 aromatic heterocycles. The lowest BCUT2D eigenvalue weighted by Crippen LogP contribution is -2.58. The molecule has 3 heterocycles. The van der Waals surface area contributed by atoms with Crippen LogP contribution in [-0.2, 0) is 9.47 Å². The summed E-state index contributed by atoms with van der Waals surface area (Å²) in [7, 11) is 0. The van der Waals surface area contributed by atoms with Crippen LogP contribution in [0.15, 0.2) is 39.5 Å². The Kier molecular flexibility index (Phi) is 7.95. The first kappa shape index (κ1) is 29.8. The molecule has 10 atom stereocenters. The number of phenols is 3. The molecule has 0 bridgehead atoms. The number of hydrogen-bond acceptors (Lipinski definition) is 15. The van der Waals surface area contributed by atoms with E-state index in [4.69, 9.17) is 23.4 Å². The first-order chi connectivity index (χ1) is 19.8. The number of ether oxygens (including phenoxy) is 4. The van der Waals surface area contributed by atoms with Crippen molar-refractivity contribution in [1.29, 1.82) is 0 Å². The quantitative estimate of drug-likeness (QED) is 0.161. The second kappa shape index (κ2) is 11.2. The lowest BCUT2D eigenvalue weighted by atomic mass is 10.00. The fraction of sp³-hybridized carbons (Fsp3) is 0.444. The van der Waals surface area contributed by atoms with E-state index in [1.54, 1.807) is 0 Å². The summed E-state index contributed by atoms with van der Waals surface area (Å²) in [5, 5.41) is 91.3. The highest BCUT2D eigenvalue weighted by Gasteiger charge is 2.45. The zero-order valence-corrected chi connectivity index (χ0v) is 22.1. The van der Waals surface area contributed by atoms with E-state index >= 15 is 0 Å². The van der Waals surface area contributed by atoms with Crippen molar-refractivity contribution in [2.75, 3.05) is 0 Å². The molecular formula is C27H30O15. The molecule has 0 spiro atoms. The Morgan fingerprint density at radius 3 is 1.83 bits per heavy atom. The molecule has 0 aliphatic carbocycles. The highest BCUT2D eigenvalue weighted by atomic mass is 16.7. The van der Waals surface area contributed by atoms with Gasteiger partial charge in [-0.05, 0) is 32.0 Å². The van der Waals surface area contributed by atoms with Gasteiger partial charge in [-0.15, -0.1) is 0 Å². The lowest BCUT2D eigenvalue weighted by Gasteiger charge is -2.39. The van der Waals surface area contributed by atoms with Gasteiger partial charge in [-0.1, -0.05) is 0 Å². The molecule has 42 heavy (non-hydrogen) atoms. The van der Waals surface area contributed by atoms with Gasteiger partial charge in [-0.2, -0.15) is 0 Å². The van der Waals surface area contributed by atoms with Crippen molar-refractivity contribution >= 4 is 11.0 Å². The summed E-state index contributed by atoms with van der Waals surface area (Å²) in [5.74, 6) is -2.90. The first-order valence-electron chi connectivity index (χ1n) is 12.9. The Bertz CT molecular complexity index is 1520. The SMILES string of the molecule is C[C@H]1OC(Oc2c(-c3ccc(O)c(O)c3)oc3cc(O)cc(OC4O[C@H](C)[C@@H](O)[C@H](O)[C@@H]4O)c3c2=O)[C@@H](O)[C@@H](O)[C@@H]1O. The van der Waals surface area contributed by atoms with Crippen LogP contribution in [0.3, 0.4) is 0 Å². The molecule has 3 aromatic rings. The van der Waals surface area contributed by atoms with Crippen LogP contribution in [0, 0.1) is 0 Å². The fourth-order valence-corrected chi connectivity index (χ4v) is 4.77. The van der Waals surface area contributed by atoms with Crippen molar-refractivity contribution < 1.29 is 69.3 Å². The third-order valence-electron chi connectivity index (χ3n) is 7.23. The van der Waals surface area contributed by atoms with Gasteiger partial charge in [0, 0.05) is 17.7 Å². The number of aliphatic hydroxyl groups is 6. The van der Waals surface area contributed by atoms with E-state index < -0.39 is 95.6 Å². The van der Waals surface area contributed by atoms with Crippen molar-refractivity contribution in [3.8, 4) is 40.1 Å². The lowest BCUT2D eigenvalue weighted by molar-refractivity contribution is -0.268. The standard InChI is InChI=1S/C27H30O15/c1-8-17(31)20(34)22(36)26(38-8)41-15-7-11(28)6-14-16(15)19(33)25(24(40-14)10-3-4-12(29)13(30)5-10)42-27-23(37)21(35)18(32)9(2)39-27/h3-9,17-18,20-23,26-32,34-37H,1-2H3/t8-,9-,17-,18-,20+,21+,22+,23+,26?,27?/m1/s1. The summed E-state index contributed by atoms with van der Waals surface area (Å²) < 4.78 is 28.2. The number of phenolic OH excluding ortho intramolecular Hbond substituents is 3. The predicted octanol–water partition coefficient (Wildman–Crippen LogP) is -1.01. The first-order valence-corrected chi connectivity index (χ1v) is 12.9. The molecule has 2 unspecified atom stereocenters. The number of fused-ring (bicyclic) bond motifs is 1. The van der Waals surface area contributed by atoms with Gasteiger partial charge in [0.15, 0.2) is 17.3 Å². The monoisotopic (exact) mass is 594 g/mol. The van der Waals surface area contributed by atoms with Crippen molar-refractivity contribution in [3.63, 3.8) is 0 Å². The molecule has 0 saturated carbocycles. The van der Waals surface area contributed by atoms with Crippen LogP contribution in [0.5, 0.6) is 28.7 Å². The summed E-state index contributed by atoms with van der Waals surface area (Å²) in [4.78, 5) is 14.0. The molecule has 2 fully saturated rings. The topological polar surface area (TPSA) is 249 Å². The van der Waals surface area contributed by atoms with Crippen molar-refractivity contribution in [1.82, 2.24) is 0 Å². The van der Waals surface area contributed by atoms with E-state index in [2.05, 4.69) is 0 Å². The van der Waals surface area contributed by atoms with Crippen molar-refractivity contribution in [2.24, 2.45) is 0 Å². The minimum absolute atomic E-state index is 0.000938. The second-order valence-electron chi connectivity index (χ2n) is 10.2. The summed E-state index contributed by atoms with van der Waals surface area (Å²) in [6, 6.07) is 5.48. The molecule has 228 valence electrons. The van der Waals surface area contributed by atoms with E-state index in [9.17, 15) is 50.8 Å². The van der Waals surface area contributed by atoms with Crippen molar-refractivity contribution in [2.45, 2.75) is 75.3 Å². The Morgan fingerprint density at radius 1 is 0.690 bits per heavy atom. The van der Waals surface area contributed by atoms with Crippen LogP contribution in [0.2, 0.25) is 0 Å². The maximum absolute atomic E-state index is 14.0. The van der Waals surface area contributed by atoms with Gasteiger partial charge in [0.1, 0.15) is 59.1 Å². The van der Waals surface area contributed by atoms with Crippen LogP contribution < -0.4 is 14.9 Å².